The summed E-state index contributed by atoms with van der Waals surface area (Å²) in [6, 6.07) is 2.85. The molecule has 0 radical (unpaired) electrons. The summed E-state index contributed by atoms with van der Waals surface area (Å²) in [5.41, 5.74) is 0. The van der Waals surface area contributed by atoms with Gasteiger partial charge < -0.3 is 9.47 Å². The number of halogens is 1. The van der Waals surface area contributed by atoms with Crippen molar-refractivity contribution in [3.8, 4) is 11.6 Å². The Morgan fingerprint density at radius 1 is 1.40 bits per heavy atom. The number of hydrogen-bond acceptors (Lipinski definition) is 3. The van der Waals surface area contributed by atoms with Crippen LogP contribution in [-0.2, 0) is 0 Å². The average molecular weight is 211 g/mol. The lowest BCUT2D eigenvalue weighted by Gasteiger charge is -2.13. The number of pyridine rings is 1. The van der Waals surface area contributed by atoms with Gasteiger partial charge in [0.2, 0.25) is 5.95 Å². The van der Waals surface area contributed by atoms with E-state index in [0.717, 1.165) is 12.8 Å². The van der Waals surface area contributed by atoms with E-state index in [1.165, 1.54) is 6.07 Å². The van der Waals surface area contributed by atoms with E-state index < -0.39 is 5.95 Å². The molecule has 1 aliphatic carbocycles. The SMILES string of the molecule is CC(C)Oc1nc(F)ccc1OC1CC1. The molecule has 1 aliphatic rings. The second-order valence-corrected chi connectivity index (χ2v) is 3.92. The minimum atomic E-state index is -0.547. The monoisotopic (exact) mass is 211 g/mol. The van der Waals surface area contributed by atoms with Crippen molar-refractivity contribution in [3.05, 3.63) is 18.1 Å². The molecule has 0 unspecified atom stereocenters. The maximum Gasteiger partial charge on any atom is 0.259 e. The summed E-state index contributed by atoms with van der Waals surface area (Å²) in [6.45, 7) is 3.74. The molecule has 0 saturated heterocycles. The fourth-order valence-corrected chi connectivity index (χ4v) is 1.17. The quantitative estimate of drug-likeness (QED) is 0.717. The molecule has 0 N–H and O–H groups in total. The topological polar surface area (TPSA) is 31.4 Å². The van der Waals surface area contributed by atoms with Crippen LogP contribution >= 0.6 is 0 Å². The van der Waals surface area contributed by atoms with Crippen LogP contribution in [0, 0.1) is 5.95 Å². The van der Waals surface area contributed by atoms with Crippen molar-refractivity contribution in [2.75, 3.05) is 0 Å². The Bertz CT molecular complexity index is 350. The van der Waals surface area contributed by atoms with E-state index >= 15 is 0 Å². The standard InChI is InChI=1S/C11H14FNO2/c1-7(2)14-11-9(15-8-3-4-8)5-6-10(12)13-11/h5-8H,3-4H2,1-2H3. The molecule has 1 aromatic heterocycles. The van der Waals surface area contributed by atoms with Gasteiger partial charge in [0, 0.05) is 0 Å². The second-order valence-electron chi connectivity index (χ2n) is 3.92. The number of ether oxygens (including phenoxy) is 2. The fraction of sp³-hybridized carbons (Fsp3) is 0.545. The molecule has 82 valence electrons. The molecule has 1 fully saturated rings. The van der Waals surface area contributed by atoms with E-state index in [0.29, 0.717) is 5.75 Å². The highest BCUT2D eigenvalue weighted by atomic mass is 19.1. The van der Waals surface area contributed by atoms with E-state index in [1.807, 2.05) is 13.8 Å². The molecular formula is C11H14FNO2. The lowest BCUT2D eigenvalue weighted by Crippen LogP contribution is -2.10. The molecule has 4 heteroatoms. The smallest absolute Gasteiger partial charge is 0.259 e. The summed E-state index contributed by atoms with van der Waals surface area (Å²) in [4.78, 5) is 3.68. The van der Waals surface area contributed by atoms with Gasteiger partial charge in [0.05, 0.1) is 12.2 Å². The van der Waals surface area contributed by atoms with E-state index in [9.17, 15) is 4.39 Å². The lowest BCUT2D eigenvalue weighted by molar-refractivity contribution is 0.205. The number of nitrogens with zero attached hydrogens (tertiary/aromatic N) is 1. The summed E-state index contributed by atoms with van der Waals surface area (Å²) in [5, 5.41) is 0. The molecule has 1 aromatic rings. The van der Waals surface area contributed by atoms with Crippen molar-refractivity contribution in [2.24, 2.45) is 0 Å². The first-order valence-corrected chi connectivity index (χ1v) is 5.15. The summed E-state index contributed by atoms with van der Waals surface area (Å²) >= 11 is 0. The molecule has 0 aliphatic heterocycles. The maximum atomic E-state index is 12.9. The maximum absolute atomic E-state index is 12.9. The third kappa shape index (κ3) is 2.81. The van der Waals surface area contributed by atoms with Gasteiger partial charge in [-0.25, -0.2) is 0 Å². The van der Waals surface area contributed by atoms with Crippen LogP contribution in [0.5, 0.6) is 11.6 Å². The van der Waals surface area contributed by atoms with Crippen molar-refractivity contribution in [2.45, 2.75) is 38.9 Å². The minimum absolute atomic E-state index is 0.0409. The fourth-order valence-electron chi connectivity index (χ4n) is 1.17. The first kappa shape index (κ1) is 10.2. The summed E-state index contributed by atoms with van der Waals surface area (Å²) in [6.07, 6.45) is 2.32. The van der Waals surface area contributed by atoms with Gasteiger partial charge in [-0.1, -0.05) is 0 Å². The predicted octanol–water partition coefficient (Wildman–Crippen LogP) is 2.55. The molecule has 0 spiro atoms. The Morgan fingerprint density at radius 2 is 2.13 bits per heavy atom. The Labute approximate surface area is 88.2 Å². The molecule has 0 atom stereocenters. The number of rotatable bonds is 4. The van der Waals surface area contributed by atoms with E-state index in [-0.39, 0.29) is 18.1 Å². The van der Waals surface area contributed by atoms with Crippen molar-refractivity contribution >= 4 is 0 Å². The highest BCUT2D eigenvalue weighted by molar-refractivity contribution is 5.33. The summed E-state index contributed by atoms with van der Waals surface area (Å²) in [7, 11) is 0. The predicted molar refractivity (Wildman–Crippen MR) is 53.6 cm³/mol. The molecule has 0 aromatic carbocycles. The van der Waals surface area contributed by atoms with Crippen LogP contribution in [-0.4, -0.2) is 17.2 Å². The highest BCUT2D eigenvalue weighted by Gasteiger charge is 2.25. The second kappa shape index (κ2) is 4.04. The Hall–Kier alpha value is -1.32. The van der Waals surface area contributed by atoms with Gasteiger partial charge in [-0.05, 0) is 38.8 Å². The zero-order valence-electron chi connectivity index (χ0n) is 8.87. The van der Waals surface area contributed by atoms with Crippen LogP contribution in [0.25, 0.3) is 0 Å². The molecule has 2 rings (SSSR count). The van der Waals surface area contributed by atoms with E-state index in [1.54, 1.807) is 6.07 Å². The van der Waals surface area contributed by atoms with E-state index in [4.69, 9.17) is 9.47 Å². The zero-order valence-corrected chi connectivity index (χ0v) is 8.87. The zero-order chi connectivity index (χ0) is 10.8. The van der Waals surface area contributed by atoms with Crippen molar-refractivity contribution < 1.29 is 13.9 Å². The van der Waals surface area contributed by atoms with E-state index in [2.05, 4.69) is 4.98 Å². The van der Waals surface area contributed by atoms with Gasteiger partial charge in [0.25, 0.3) is 5.88 Å². The molecule has 3 nitrogen and oxygen atoms in total. The van der Waals surface area contributed by atoms with Crippen molar-refractivity contribution in [3.63, 3.8) is 0 Å². The van der Waals surface area contributed by atoms with Crippen LogP contribution in [0.4, 0.5) is 4.39 Å². The molecule has 0 amide bonds. The van der Waals surface area contributed by atoms with Gasteiger partial charge in [-0.2, -0.15) is 9.37 Å². The third-order valence-corrected chi connectivity index (χ3v) is 1.96. The van der Waals surface area contributed by atoms with Crippen molar-refractivity contribution in [1.29, 1.82) is 0 Å². The first-order chi connectivity index (χ1) is 7.15. The van der Waals surface area contributed by atoms with Gasteiger partial charge in [0.1, 0.15) is 0 Å². The third-order valence-electron chi connectivity index (χ3n) is 1.96. The highest BCUT2D eigenvalue weighted by Crippen LogP contribution is 2.32. The molecule has 1 heterocycles. The number of aromatic nitrogens is 1. The summed E-state index contributed by atoms with van der Waals surface area (Å²) < 4.78 is 23.8. The average Bonchev–Trinajstić information content (AvgIpc) is 2.92. The molecule has 0 bridgehead atoms. The molecule has 15 heavy (non-hydrogen) atoms. The Morgan fingerprint density at radius 3 is 2.73 bits per heavy atom. The minimum Gasteiger partial charge on any atom is -0.485 e. The summed E-state index contributed by atoms with van der Waals surface area (Å²) in [5.74, 6) is 0.235. The Balaban J connectivity index is 2.17. The van der Waals surface area contributed by atoms with Crippen LogP contribution in [0.1, 0.15) is 26.7 Å². The van der Waals surface area contributed by atoms with Crippen molar-refractivity contribution in [1.82, 2.24) is 4.98 Å². The van der Waals surface area contributed by atoms with Gasteiger partial charge in [0.15, 0.2) is 5.75 Å². The van der Waals surface area contributed by atoms with Crippen LogP contribution < -0.4 is 9.47 Å². The Kier molecular flexibility index (Phi) is 2.75. The normalized spacial score (nSPS) is 15.5. The first-order valence-electron chi connectivity index (χ1n) is 5.15. The van der Waals surface area contributed by atoms with Crippen LogP contribution in [0.2, 0.25) is 0 Å². The lowest BCUT2D eigenvalue weighted by atomic mass is 10.4. The van der Waals surface area contributed by atoms with Crippen LogP contribution in [0.15, 0.2) is 12.1 Å². The van der Waals surface area contributed by atoms with Gasteiger partial charge in [-0.15, -0.1) is 0 Å². The number of hydrogen-bond donors (Lipinski definition) is 0. The molecular weight excluding hydrogens is 197 g/mol. The van der Waals surface area contributed by atoms with Crippen LogP contribution in [0.3, 0.4) is 0 Å². The largest absolute Gasteiger partial charge is 0.485 e. The van der Waals surface area contributed by atoms with Gasteiger partial charge in [-0.3, -0.25) is 0 Å². The molecule has 1 saturated carbocycles. The van der Waals surface area contributed by atoms with Gasteiger partial charge >= 0.3 is 0 Å².